The van der Waals surface area contributed by atoms with Crippen molar-refractivity contribution in [1.29, 1.82) is 0 Å². The first-order valence-electron chi connectivity index (χ1n) is 8.79. The Hall–Kier alpha value is -2.62. The number of nitrogens with zero attached hydrogens (tertiary/aromatic N) is 2. The summed E-state index contributed by atoms with van der Waals surface area (Å²) >= 11 is 0. The summed E-state index contributed by atoms with van der Waals surface area (Å²) in [7, 11) is 3.34. The largest absolute Gasteiger partial charge is 0.497 e. The zero-order valence-electron chi connectivity index (χ0n) is 16.3. The Balaban J connectivity index is 2.10. The summed E-state index contributed by atoms with van der Waals surface area (Å²) < 4.78 is 10.5. The molecule has 0 saturated heterocycles. The zero-order chi connectivity index (χ0) is 19.0. The summed E-state index contributed by atoms with van der Waals surface area (Å²) in [6.07, 6.45) is 5.60. The monoisotopic (exact) mass is 352 g/mol. The van der Waals surface area contributed by atoms with Gasteiger partial charge in [-0.25, -0.2) is 0 Å². The van der Waals surface area contributed by atoms with Crippen molar-refractivity contribution in [3.05, 3.63) is 59.2 Å². The van der Waals surface area contributed by atoms with Crippen LogP contribution in [-0.4, -0.2) is 26.6 Å². The minimum Gasteiger partial charge on any atom is -0.497 e. The fourth-order valence-corrected chi connectivity index (χ4v) is 2.45. The minimum atomic E-state index is 0.282. The molecule has 2 rings (SSSR count). The molecule has 0 aliphatic heterocycles. The maximum absolute atomic E-state index is 5.36. The van der Waals surface area contributed by atoms with Gasteiger partial charge in [-0.1, -0.05) is 20.8 Å². The highest BCUT2D eigenvalue weighted by molar-refractivity contribution is 5.84. The van der Waals surface area contributed by atoms with E-state index in [9.17, 15) is 0 Å². The van der Waals surface area contributed by atoms with Crippen LogP contribution < -0.4 is 9.47 Å². The van der Waals surface area contributed by atoms with Crippen molar-refractivity contribution in [2.24, 2.45) is 15.6 Å². The summed E-state index contributed by atoms with van der Waals surface area (Å²) in [5.74, 6) is 1.69. The molecule has 0 fully saturated rings. The topological polar surface area (TPSA) is 43.2 Å². The average molecular weight is 352 g/mol. The Morgan fingerprint density at radius 2 is 1.46 bits per heavy atom. The van der Waals surface area contributed by atoms with Gasteiger partial charge in [0.05, 0.1) is 26.6 Å². The first-order valence-corrected chi connectivity index (χ1v) is 8.79. The Bertz CT molecular complexity index is 757. The second-order valence-corrected chi connectivity index (χ2v) is 7.39. The van der Waals surface area contributed by atoms with E-state index in [4.69, 9.17) is 9.47 Å². The van der Waals surface area contributed by atoms with Crippen molar-refractivity contribution in [2.75, 3.05) is 14.2 Å². The number of ether oxygens (including phenoxy) is 2. The molecular weight excluding hydrogens is 324 g/mol. The molecule has 0 bridgehead atoms. The normalized spacial score (nSPS) is 12.0. The van der Waals surface area contributed by atoms with Crippen LogP contribution in [0, 0.1) is 5.41 Å². The standard InChI is InChI=1S/C22H28N2O2/c1-22(2,3)13-12-18-14-21(26-5)11-8-19(18)16-24-23-15-17-6-9-20(25-4)10-7-17/h6-11,14-16H,12-13H2,1-5H3/b23-15+,24-16+. The van der Waals surface area contributed by atoms with Gasteiger partial charge in [0.1, 0.15) is 11.5 Å². The van der Waals surface area contributed by atoms with Crippen molar-refractivity contribution >= 4 is 12.4 Å². The van der Waals surface area contributed by atoms with Crippen LogP contribution in [-0.2, 0) is 6.42 Å². The fraction of sp³-hybridized carbons (Fsp3) is 0.364. The molecule has 0 radical (unpaired) electrons. The Kier molecular flexibility index (Phi) is 6.96. The van der Waals surface area contributed by atoms with E-state index in [1.807, 2.05) is 36.4 Å². The summed E-state index contributed by atoms with van der Waals surface area (Å²) in [4.78, 5) is 0. The minimum absolute atomic E-state index is 0.282. The molecule has 0 aliphatic carbocycles. The molecular formula is C22H28N2O2. The fourth-order valence-electron chi connectivity index (χ4n) is 2.45. The van der Waals surface area contributed by atoms with Gasteiger partial charge in [-0.15, -0.1) is 0 Å². The molecule has 0 spiro atoms. The zero-order valence-corrected chi connectivity index (χ0v) is 16.3. The van der Waals surface area contributed by atoms with Gasteiger partial charge in [0.2, 0.25) is 0 Å². The summed E-state index contributed by atoms with van der Waals surface area (Å²) in [6, 6.07) is 13.8. The van der Waals surface area contributed by atoms with Crippen LogP contribution in [0.5, 0.6) is 11.5 Å². The van der Waals surface area contributed by atoms with Crippen molar-refractivity contribution in [1.82, 2.24) is 0 Å². The molecule has 26 heavy (non-hydrogen) atoms. The van der Waals surface area contributed by atoms with Crippen LogP contribution in [0.1, 0.15) is 43.9 Å². The lowest BCUT2D eigenvalue weighted by Crippen LogP contribution is -2.07. The number of hydrogen-bond acceptors (Lipinski definition) is 4. The quantitative estimate of drug-likeness (QED) is 0.512. The van der Waals surface area contributed by atoms with Gasteiger partial charge in [-0.2, -0.15) is 10.2 Å². The molecule has 0 saturated carbocycles. The van der Waals surface area contributed by atoms with Crippen LogP contribution in [0.25, 0.3) is 0 Å². The van der Waals surface area contributed by atoms with Gasteiger partial charge in [0, 0.05) is 0 Å². The predicted molar refractivity (Wildman–Crippen MR) is 109 cm³/mol. The molecule has 0 N–H and O–H groups in total. The molecule has 0 atom stereocenters. The highest BCUT2D eigenvalue weighted by Gasteiger charge is 2.12. The number of hydrogen-bond donors (Lipinski definition) is 0. The third-order valence-electron chi connectivity index (χ3n) is 4.08. The van der Waals surface area contributed by atoms with Crippen molar-refractivity contribution in [3.63, 3.8) is 0 Å². The van der Waals surface area contributed by atoms with Gasteiger partial charge in [-0.3, -0.25) is 0 Å². The van der Waals surface area contributed by atoms with Gasteiger partial charge in [0.15, 0.2) is 0 Å². The van der Waals surface area contributed by atoms with Crippen molar-refractivity contribution in [2.45, 2.75) is 33.6 Å². The van der Waals surface area contributed by atoms with Gasteiger partial charge >= 0.3 is 0 Å². The van der Waals surface area contributed by atoms with E-state index in [-0.39, 0.29) is 5.41 Å². The molecule has 138 valence electrons. The average Bonchev–Trinajstić information content (AvgIpc) is 2.64. The second kappa shape index (κ2) is 9.18. The van der Waals surface area contributed by atoms with Gasteiger partial charge in [-0.05, 0) is 77.4 Å². The summed E-state index contributed by atoms with van der Waals surface area (Å²) in [5, 5.41) is 8.37. The molecule has 0 heterocycles. The summed E-state index contributed by atoms with van der Waals surface area (Å²) in [6.45, 7) is 6.75. The molecule has 4 nitrogen and oxygen atoms in total. The first-order chi connectivity index (χ1) is 12.4. The summed E-state index contributed by atoms with van der Waals surface area (Å²) in [5.41, 5.74) is 3.56. The molecule has 0 aromatic heterocycles. The molecule has 4 heteroatoms. The second-order valence-electron chi connectivity index (χ2n) is 7.39. The van der Waals surface area contributed by atoms with E-state index in [1.165, 1.54) is 5.56 Å². The van der Waals surface area contributed by atoms with Crippen LogP contribution >= 0.6 is 0 Å². The maximum atomic E-state index is 5.36. The van der Waals surface area contributed by atoms with E-state index in [0.29, 0.717) is 0 Å². The Labute approximate surface area is 156 Å². The molecule has 2 aromatic rings. The third-order valence-corrected chi connectivity index (χ3v) is 4.08. The molecule has 0 aliphatic rings. The number of rotatable bonds is 7. The lowest BCUT2D eigenvalue weighted by atomic mass is 9.87. The first kappa shape index (κ1) is 19.7. The lowest BCUT2D eigenvalue weighted by Gasteiger charge is -2.18. The highest BCUT2D eigenvalue weighted by atomic mass is 16.5. The van der Waals surface area contributed by atoms with Crippen molar-refractivity contribution < 1.29 is 9.47 Å². The van der Waals surface area contributed by atoms with Gasteiger partial charge < -0.3 is 9.47 Å². The molecule has 0 unspecified atom stereocenters. The number of methoxy groups -OCH3 is 2. The van der Waals surface area contributed by atoms with E-state index in [1.54, 1.807) is 26.6 Å². The highest BCUT2D eigenvalue weighted by Crippen LogP contribution is 2.25. The van der Waals surface area contributed by atoms with Crippen molar-refractivity contribution in [3.8, 4) is 11.5 Å². The van der Waals surface area contributed by atoms with Crippen LogP contribution in [0.3, 0.4) is 0 Å². The van der Waals surface area contributed by atoms with E-state index >= 15 is 0 Å². The van der Waals surface area contributed by atoms with Gasteiger partial charge in [0.25, 0.3) is 0 Å². The van der Waals surface area contributed by atoms with Crippen LogP contribution in [0.15, 0.2) is 52.7 Å². The Morgan fingerprint density at radius 1 is 0.846 bits per heavy atom. The SMILES string of the molecule is COc1ccc(/C=N/N=C/c2ccc(OC)cc2CCC(C)(C)C)cc1. The van der Waals surface area contributed by atoms with E-state index in [2.05, 4.69) is 37.0 Å². The lowest BCUT2D eigenvalue weighted by molar-refractivity contribution is 0.377. The van der Waals surface area contributed by atoms with E-state index < -0.39 is 0 Å². The smallest absolute Gasteiger partial charge is 0.119 e. The number of benzene rings is 2. The van der Waals surface area contributed by atoms with Crippen LogP contribution in [0.2, 0.25) is 0 Å². The Morgan fingerprint density at radius 3 is 2.08 bits per heavy atom. The van der Waals surface area contributed by atoms with E-state index in [0.717, 1.165) is 35.5 Å². The molecule has 0 amide bonds. The van der Waals surface area contributed by atoms with Crippen LogP contribution in [0.4, 0.5) is 0 Å². The maximum Gasteiger partial charge on any atom is 0.119 e. The number of aryl methyl sites for hydroxylation is 1. The third kappa shape index (κ3) is 6.36. The predicted octanol–water partition coefficient (Wildman–Crippen LogP) is 5.14. The molecule has 2 aromatic carbocycles.